The third kappa shape index (κ3) is 1.12. The lowest BCUT2D eigenvalue weighted by Crippen LogP contribution is -1.91. The van der Waals surface area contributed by atoms with Crippen molar-refractivity contribution in [1.82, 2.24) is 9.97 Å². The van der Waals surface area contributed by atoms with Gasteiger partial charge >= 0.3 is 5.69 Å². The number of nitrogens with one attached hydrogen (secondary N) is 1. The zero-order valence-corrected chi connectivity index (χ0v) is 6.32. The van der Waals surface area contributed by atoms with Crippen molar-refractivity contribution in [1.29, 1.82) is 0 Å². The van der Waals surface area contributed by atoms with Crippen molar-refractivity contribution >= 4 is 16.7 Å². The van der Waals surface area contributed by atoms with Gasteiger partial charge in [-0.25, -0.2) is 4.98 Å². The molecule has 1 aromatic heterocycles. The molecule has 1 heterocycles. The van der Waals surface area contributed by atoms with E-state index in [4.69, 9.17) is 0 Å². The topological polar surface area (TPSA) is 71.8 Å². The molecule has 0 saturated heterocycles. The van der Waals surface area contributed by atoms with E-state index >= 15 is 0 Å². The van der Waals surface area contributed by atoms with Gasteiger partial charge in [-0.05, 0) is 0 Å². The molecule has 0 saturated carbocycles. The van der Waals surface area contributed by atoms with Crippen molar-refractivity contribution in [2.75, 3.05) is 0 Å². The van der Waals surface area contributed by atoms with Gasteiger partial charge < -0.3 is 4.98 Å². The van der Waals surface area contributed by atoms with Crippen LogP contribution in [0.2, 0.25) is 0 Å². The number of hydrogen-bond donors (Lipinski definition) is 1. The van der Waals surface area contributed by atoms with Crippen molar-refractivity contribution in [3.8, 4) is 0 Å². The first-order valence-corrected chi connectivity index (χ1v) is 3.45. The average molecular weight is 181 g/mol. The molecule has 1 N–H and O–H groups in total. The molecular weight excluding hydrogens is 177 g/mol. The highest BCUT2D eigenvalue weighted by Crippen LogP contribution is 2.21. The second kappa shape index (κ2) is 2.51. The van der Waals surface area contributed by atoms with Gasteiger partial charge in [-0.15, -0.1) is 0 Å². The van der Waals surface area contributed by atoms with E-state index in [-0.39, 0.29) is 0 Å². The summed E-state index contributed by atoms with van der Waals surface area (Å²) in [6.45, 7) is 0. The van der Waals surface area contributed by atoms with E-state index in [1.807, 2.05) is 0 Å². The minimum Gasteiger partial charge on any atom is -0.344 e. The molecule has 0 aliphatic carbocycles. The van der Waals surface area contributed by atoms with Crippen LogP contribution in [0.25, 0.3) is 11.0 Å². The zero-order valence-electron chi connectivity index (χ0n) is 6.32. The van der Waals surface area contributed by atoms with Gasteiger partial charge in [-0.2, -0.15) is 4.39 Å². The van der Waals surface area contributed by atoms with Crippen LogP contribution in [0.5, 0.6) is 0 Å². The molecule has 0 aliphatic heterocycles. The average Bonchev–Trinajstić information content (AvgIpc) is 2.48. The summed E-state index contributed by atoms with van der Waals surface area (Å²) in [6, 6.07) is 2.15. The number of halogens is 1. The molecule has 1 aromatic carbocycles. The van der Waals surface area contributed by atoms with E-state index in [2.05, 4.69) is 9.97 Å². The van der Waals surface area contributed by atoms with Gasteiger partial charge in [0.05, 0.1) is 22.3 Å². The van der Waals surface area contributed by atoms with Gasteiger partial charge in [0.15, 0.2) is 0 Å². The third-order valence-corrected chi connectivity index (χ3v) is 1.69. The van der Waals surface area contributed by atoms with E-state index in [1.54, 1.807) is 0 Å². The molecule has 13 heavy (non-hydrogen) atoms. The van der Waals surface area contributed by atoms with Crippen LogP contribution in [-0.2, 0) is 0 Å². The van der Waals surface area contributed by atoms with Gasteiger partial charge in [-0.3, -0.25) is 10.1 Å². The number of nitro groups is 1. The first-order chi connectivity index (χ1) is 6.18. The zero-order chi connectivity index (χ0) is 9.42. The van der Waals surface area contributed by atoms with Gasteiger partial charge in [0.2, 0.25) is 5.82 Å². The van der Waals surface area contributed by atoms with Crippen LogP contribution in [0.4, 0.5) is 10.1 Å². The summed E-state index contributed by atoms with van der Waals surface area (Å²) in [5, 5.41) is 10.3. The fourth-order valence-electron chi connectivity index (χ4n) is 1.09. The second-order valence-electron chi connectivity index (χ2n) is 2.48. The van der Waals surface area contributed by atoms with Crippen molar-refractivity contribution in [3.05, 3.63) is 34.4 Å². The molecule has 0 aliphatic rings. The fourth-order valence-corrected chi connectivity index (χ4v) is 1.09. The van der Waals surface area contributed by atoms with Crippen LogP contribution in [0.3, 0.4) is 0 Å². The van der Waals surface area contributed by atoms with Crippen LogP contribution in [0, 0.1) is 15.9 Å². The molecule has 0 bridgehead atoms. The maximum absolute atomic E-state index is 13.0. The number of imidazole rings is 1. The van der Waals surface area contributed by atoms with Crippen LogP contribution < -0.4 is 0 Å². The number of benzene rings is 1. The van der Waals surface area contributed by atoms with Crippen molar-refractivity contribution in [3.63, 3.8) is 0 Å². The van der Waals surface area contributed by atoms with Crippen molar-refractivity contribution in [2.45, 2.75) is 0 Å². The van der Waals surface area contributed by atoms with E-state index in [0.29, 0.717) is 11.0 Å². The second-order valence-corrected chi connectivity index (χ2v) is 2.48. The minimum absolute atomic E-state index is 0.378. The predicted molar refractivity (Wildman–Crippen MR) is 42.7 cm³/mol. The van der Waals surface area contributed by atoms with Gasteiger partial charge in [0.25, 0.3) is 0 Å². The summed E-state index contributed by atoms with van der Waals surface area (Å²) in [5.74, 6) is -0.871. The largest absolute Gasteiger partial charge is 0.344 e. The number of aromatic nitrogens is 2. The number of nitro benzene ring substituents is 1. The first kappa shape index (κ1) is 7.66. The molecule has 0 atom stereocenters. The Labute approximate surface area is 71.4 Å². The lowest BCUT2D eigenvalue weighted by molar-refractivity contribution is -0.387. The Morgan fingerprint density at radius 2 is 2.31 bits per heavy atom. The maximum Gasteiger partial charge on any atom is 0.307 e. The minimum atomic E-state index is -0.871. The number of H-pyrrole nitrogens is 1. The van der Waals surface area contributed by atoms with Crippen LogP contribution >= 0.6 is 0 Å². The van der Waals surface area contributed by atoms with Crippen LogP contribution in [0.1, 0.15) is 0 Å². The monoisotopic (exact) mass is 181 g/mol. The smallest absolute Gasteiger partial charge is 0.307 e. The molecule has 0 fully saturated rings. The number of fused-ring (bicyclic) bond motifs is 1. The van der Waals surface area contributed by atoms with E-state index in [9.17, 15) is 14.5 Å². The predicted octanol–water partition coefficient (Wildman–Crippen LogP) is 1.61. The number of nitrogens with zero attached hydrogens (tertiary/aromatic N) is 2. The quantitative estimate of drug-likeness (QED) is 0.536. The van der Waals surface area contributed by atoms with E-state index in [1.165, 1.54) is 6.33 Å². The summed E-state index contributed by atoms with van der Waals surface area (Å²) in [4.78, 5) is 16.0. The van der Waals surface area contributed by atoms with Crippen LogP contribution in [-0.4, -0.2) is 14.9 Å². The molecule has 6 heteroatoms. The molecule has 0 unspecified atom stereocenters. The summed E-state index contributed by atoms with van der Waals surface area (Å²) in [5.41, 5.74) is 0.285. The number of aromatic amines is 1. The SMILES string of the molecule is O=[N+]([O-])c1cc2[nH]cnc2cc1F. The molecule has 0 radical (unpaired) electrons. The molecule has 5 nitrogen and oxygen atoms in total. The lowest BCUT2D eigenvalue weighted by atomic mass is 10.2. The number of rotatable bonds is 1. The highest BCUT2D eigenvalue weighted by atomic mass is 19.1. The van der Waals surface area contributed by atoms with Crippen molar-refractivity contribution < 1.29 is 9.31 Å². The van der Waals surface area contributed by atoms with E-state index in [0.717, 1.165) is 12.1 Å². The molecule has 0 spiro atoms. The molecular formula is C7H4FN3O2. The van der Waals surface area contributed by atoms with E-state index < -0.39 is 16.4 Å². The normalized spacial score (nSPS) is 10.5. The van der Waals surface area contributed by atoms with Gasteiger partial charge in [-0.1, -0.05) is 0 Å². The first-order valence-electron chi connectivity index (χ1n) is 3.45. The molecule has 2 rings (SSSR count). The maximum atomic E-state index is 13.0. The van der Waals surface area contributed by atoms with Gasteiger partial charge in [0, 0.05) is 12.1 Å². The Morgan fingerprint density at radius 3 is 3.00 bits per heavy atom. The summed E-state index contributed by atoms with van der Waals surface area (Å²) < 4.78 is 13.0. The Morgan fingerprint density at radius 1 is 1.54 bits per heavy atom. The standard InChI is InChI=1S/C7H4FN3O2/c8-4-1-5-6(10-3-9-5)2-7(4)11(12)13/h1-3H,(H,9,10). The molecule has 2 aromatic rings. The molecule has 0 amide bonds. The fraction of sp³-hybridized carbons (Fsp3) is 0. The highest BCUT2D eigenvalue weighted by Gasteiger charge is 2.15. The molecule has 66 valence electrons. The highest BCUT2D eigenvalue weighted by molar-refractivity contribution is 5.77. The van der Waals surface area contributed by atoms with Crippen molar-refractivity contribution in [2.24, 2.45) is 0 Å². The Hall–Kier alpha value is -1.98. The van der Waals surface area contributed by atoms with Gasteiger partial charge in [0.1, 0.15) is 0 Å². The Kier molecular flexibility index (Phi) is 1.48. The summed E-state index contributed by atoms with van der Waals surface area (Å²) >= 11 is 0. The lowest BCUT2D eigenvalue weighted by Gasteiger charge is -1.92. The van der Waals surface area contributed by atoms with Crippen LogP contribution in [0.15, 0.2) is 18.5 Å². The number of hydrogen-bond acceptors (Lipinski definition) is 3. The Balaban J connectivity index is 2.76. The summed E-state index contributed by atoms with van der Waals surface area (Å²) in [7, 11) is 0. The summed E-state index contributed by atoms with van der Waals surface area (Å²) in [6.07, 6.45) is 1.35. The Bertz CT molecular complexity index is 480. The third-order valence-electron chi connectivity index (χ3n) is 1.69.